The number of carbonyl (C=O) groups is 1. The molecule has 28 heavy (non-hydrogen) atoms. The van der Waals surface area contributed by atoms with Crippen molar-refractivity contribution in [3.8, 4) is 5.75 Å². The van der Waals surface area contributed by atoms with Gasteiger partial charge in [-0.3, -0.25) is 4.79 Å². The van der Waals surface area contributed by atoms with Gasteiger partial charge in [-0.2, -0.15) is 5.10 Å². The van der Waals surface area contributed by atoms with Gasteiger partial charge in [-0.1, -0.05) is 17.7 Å². The van der Waals surface area contributed by atoms with E-state index in [2.05, 4.69) is 5.10 Å². The molecule has 0 spiro atoms. The van der Waals surface area contributed by atoms with E-state index >= 15 is 0 Å². The topological polar surface area (TPSA) is 56.1 Å². The van der Waals surface area contributed by atoms with E-state index in [9.17, 15) is 22.4 Å². The van der Waals surface area contributed by atoms with Gasteiger partial charge in [0.25, 0.3) is 5.91 Å². The van der Waals surface area contributed by atoms with E-state index in [1.165, 1.54) is 16.9 Å². The van der Waals surface area contributed by atoms with Crippen molar-refractivity contribution in [1.29, 1.82) is 0 Å². The van der Waals surface area contributed by atoms with E-state index in [1.54, 1.807) is 11.4 Å². The Hall–Kier alpha value is -3.36. The zero-order valence-electron chi connectivity index (χ0n) is 14.9. The molecule has 1 heterocycles. The summed E-state index contributed by atoms with van der Waals surface area (Å²) in [6, 6.07) is 6.95. The summed E-state index contributed by atoms with van der Waals surface area (Å²) >= 11 is 0. The Morgan fingerprint density at radius 3 is 2.39 bits per heavy atom. The van der Waals surface area contributed by atoms with E-state index in [4.69, 9.17) is 4.74 Å². The molecule has 0 fully saturated rings. The largest absolute Gasteiger partial charge is 0.471 e. The smallest absolute Gasteiger partial charge is 0.276 e. The van der Waals surface area contributed by atoms with Gasteiger partial charge in [-0.25, -0.2) is 22.2 Å². The maximum absolute atomic E-state index is 13.7. The van der Waals surface area contributed by atoms with Crippen molar-refractivity contribution < 1.29 is 27.1 Å². The fourth-order valence-electron chi connectivity index (χ4n) is 2.51. The molecule has 0 aliphatic carbocycles. The summed E-state index contributed by atoms with van der Waals surface area (Å²) in [4.78, 5) is 12.1. The van der Waals surface area contributed by atoms with Crippen molar-refractivity contribution in [2.75, 3.05) is 5.32 Å². The van der Waals surface area contributed by atoms with Gasteiger partial charge < -0.3 is 10.1 Å². The van der Waals surface area contributed by atoms with Gasteiger partial charge in [-0.15, -0.1) is 0 Å². The molecular weight excluding hydrogens is 378 g/mol. The number of halogens is 4. The van der Waals surface area contributed by atoms with E-state index < -0.39 is 34.9 Å². The minimum atomic E-state index is -1.70. The van der Waals surface area contributed by atoms with Crippen LogP contribution in [0.5, 0.6) is 5.75 Å². The molecule has 1 aromatic heterocycles. The van der Waals surface area contributed by atoms with Gasteiger partial charge >= 0.3 is 0 Å². The zero-order valence-corrected chi connectivity index (χ0v) is 14.9. The predicted octanol–water partition coefficient (Wildman–Crippen LogP) is 4.35. The van der Waals surface area contributed by atoms with E-state index in [-0.39, 0.29) is 18.5 Å². The lowest BCUT2D eigenvalue weighted by molar-refractivity contribution is 0.101. The van der Waals surface area contributed by atoms with Crippen LogP contribution >= 0.6 is 0 Å². The number of aromatic nitrogens is 2. The zero-order chi connectivity index (χ0) is 20.4. The summed E-state index contributed by atoms with van der Waals surface area (Å²) in [6.07, 6.45) is 1.41. The molecule has 0 bridgehead atoms. The predicted molar refractivity (Wildman–Crippen MR) is 93.0 cm³/mol. The Labute approximate surface area is 157 Å². The average molecular weight is 393 g/mol. The number of hydrogen-bond acceptors (Lipinski definition) is 3. The van der Waals surface area contributed by atoms with Crippen molar-refractivity contribution in [3.05, 3.63) is 76.6 Å². The number of hydrogen-bond donors (Lipinski definition) is 1. The molecule has 3 aromatic rings. The molecule has 3 rings (SSSR count). The molecule has 2 aromatic carbocycles. The molecule has 0 radical (unpaired) electrons. The van der Waals surface area contributed by atoms with Crippen LogP contribution in [0.4, 0.5) is 23.2 Å². The van der Waals surface area contributed by atoms with Gasteiger partial charge in [0.05, 0.1) is 0 Å². The lowest BCUT2D eigenvalue weighted by Gasteiger charge is -2.10. The summed E-state index contributed by atoms with van der Waals surface area (Å²) in [5, 5.41) is 5.71. The molecule has 0 aliphatic heterocycles. The highest BCUT2D eigenvalue weighted by molar-refractivity contribution is 6.02. The first-order chi connectivity index (χ1) is 13.3. The Morgan fingerprint density at radius 2 is 1.75 bits per heavy atom. The van der Waals surface area contributed by atoms with Crippen LogP contribution in [0.15, 0.2) is 36.5 Å². The van der Waals surface area contributed by atoms with Crippen LogP contribution in [0.25, 0.3) is 0 Å². The van der Waals surface area contributed by atoms with Crippen molar-refractivity contribution in [2.45, 2.75) is 20.6 Å². The van der Waals surface area contributed by atoms with Crippen LogP contribution in [0.3, 0.4) is 0 Å². The number of nitrogens with zero attached hydrogens (tertiary/aromatic N) is 2. The molecule has 1 amide bonds. The average Bonchev–Trinajstić information content (AvgIpc) is 3.12. The molecule has 0 saturated carbocycles. The number of benzene rings is 2. The van der Waals surface area contributed by atoms with Crippen LogP contribution in [0, 0.1) is 37.1 Å². The number of carbonyl (C=O) groups excluding carboxylic acids is 1. The third-order valence-electron chi connectivity index (χ3n) is 3.91. The maximum Gasteiger partial charge on any atom is 0.276 e. The van der Waals surface area contributed by atoms with Gasteiger partial charge in [0.2, 0.25) is 0 Å². The molecule has 5 nitrogen and oxygen atoms in total. The molecule has 0 aliphatic rings. The van der Waals surface area contributed by atoms with Gasteiger partial charge in [0.15, 0.2) is 35.7 Å². The van der Waals surface area contributed by atoms with Crippen LogP contribution in [0.2, 0.25) is 0 Å². The summed E-state index contributed by atoms with van der Waals surface area (Å²) in [5.41, 5.74) is 0.566. The first-order valence-electron chi connectivity index (χ1n) is 8.14. The minimum absolute atomic E-state index is 0.0193. The third kappa shape index (κ3) is 3.98. The second-order valence-corrected chi connectivity index (χ2v) is 6.08. The fraction of sp³-hybridized carbons (Fsp3) is 0.158. The van der Waals surface area contributed by atoms with Crippen molar-refractivity contribution in [2.24, 2.45) is 0 Å². The van der Waals surface area contributed by atoms with E-state index in [0.29, 0.717) is 5.75 Å². The summed E-state index contributed by atoms with van der Waals surface area (Å²) in [6.45, 7) is 3.81. The van der Waals surface area contributed by atoms with Gasteiger partial charge in [-0.05, 0) is 31.5 Å². The van der Waals surface area contributed by atoms with E-state index in [0.717, 1.165) is 11.1 Å². The van der Waals surface area contributed by atoms with Crippen LogP contribution in [0.1, 0.15) is 21.6 Å². The second kappa shape index (κ2) is 7.71. The molecule has 0 atom stereocenters. The van der Waals surface area contributed by atoms with Crippen LogP contribution in [-0.4, -0.2) is 15.7 Å². The second-order valence-electron chi connectivity index (χ2n) is 6.08. The highest BCUT2D eigenvalue weighted by Crippen LogP contribution is 2.24. The highest BCUT2D eigenvalue weighted by atomic mass is 19.2. The standard InChI is InChI=1S/C19H15F4N3O2/c1-10-3-4-15(11(2)7-10)28-9-26-6-5-14(25-26)19(27)24-18-16(22)12(20)8-13(21)17(18)23/h3-8H,9H2,1-2H3,(H,24,27). The number of aryl methyl sites for hydroxylation is 2. The summed E-state index contributed by atoms with van der Waals surface area (Å²) in [7, 11) is 0. The van der Waals surface area contributed by atoms with Crippen molar-refractivity contribution in [1.82, 2.24) is 9.78 Å². The number of nitrogens with one attached hydrogen (secondary N) is 1. The quantitative estimate of drug-likeness (QED) is 0.518. The van der Waals surface area contributed by atoms with Crippen molar-refractivity contribution >= 4 is 11.6 Å². The van der Waals surface area contributed by atoms with E-state index in [1.807, 2.05) is 26.0 Å². The third-order valence-corrected chi connectivity index (χ3v) is 3.91. The number of amides is 1. The Bertz CT molecular complexity index is 1020. The molecular formula is C19H15F4N3O2. The molecule has 1 N–H and O–H groups in total. The lowest BCUT2D eigenvalue weighted by Crippen LogP contribution is -2.17. The first kappa shape index (κ1) is 19.4. The Morgan fingerprint density at radius 1 is 1.07 bits per heavy atom. The van der Waals surface area contributed by atoms with Crippen molar-refractivity contribution in [3.63, 3.8) is 0 Å². The first-order valence-corrected chi connectivity index (χ1v) is 8.14. The Kier molecular flexibility index (Phi) is 5.34. The molecule has 9 heteroatoms. The molecule has 146 valence electrons. The normalized spacial score (nSPS) is 10.8. The number of anilines is 1. The van der Waals surface area contributed by atoms with Gasteiger partial charge in [0.1, 0.15) is 11.4 Å². The lowest BCUT2D eigenvalue weighted by atomic mass is 10.1. The molecule has 0 unspecified atom stereocenters. The Balaban J connectivity index is 1.71. The summed E-state index contributed by atoms with van der Waals surface area (Å²) in [5.74, 6) is -7.06. The fourth-order valence-corrected chi connectivity index (χ4v) is 2.51. The SMILES string of the molecule is Cc1ccc(OCn2ccc(C(=O)Nc3c(F)c(F)cc(F)c3F)n2)c(C)c1. The van der Waals surface area contributed by atoms with Crippen LogP contribution < -0.4 is 10.1 Å². The van der Waals surface area contributed by atoms with Gasteiger partial charge in [0, 0.05) is 12.3 Å². The molecule has 0 saturated heterocycles. The number of ether oxygens (including phenoxy) is 1. The number of rotatable bonds is 5. The van der Waals surface area contributed by atoms with Crippen LogP contribution in [-0.2, 0) is 6.73 Å². The summed E-state index contributed by atoms with van der Waals surface area (Å²) < 4.78 is 60.7. The minimum Gasteiger partial charge on any atom is -0.471 e. The highest BCUT2D eigenvalue weighted by Gasteiger charge is 2.22. The maximum atomic E-state index is 13.7. The monoisotopic (exact) mass is 393 g/mol.